The molecule has 148 valence electrons. The molecule has 3 rings (SSSR count). The molecule has 7 nitrogen and oxygen atoms in total. The summed E-state index contributed by atoms with van der Waals surface area (Å²) >= 11 is 0. The molecular weight excluding hydrogens is 334 g/mol. The van der Waals surface area contributed by atoms with Crippen molar-refractivity contribution in [3.05, 3.63) is 0 Å². The van der Waals surface area contributed by atoms with Crippen LogP contribution in [0.3, 0.4) is 0 Å². The van der Waals surface area contributed by atoms with Gasteiger partial charge in [0.2, 0.25) is 0 Å². The minimum absolute atomic E-state index is 0.0390. The average molecular weight is 367 g/mol. The summed E-state index contributed by atoms with van der Waals surface area (Å²) in [5.41, 5.74) is 0. The number of nitrogens with zero attached hydrogens (tertiary/aromatic N) is 2. The Kier molecular flexibility index (Phi) is 6.75. The second-order valence-electron chi connectivity index (χ2n) is 7.95. The fourth-order valence-corrected chi connectivity index (χ4v) is 4.56. The van der Waals surface area contributed by atoms with E-state index in [0.29, 0.717) is 12.6 Å². The Balaban J connectivity index is 1.49. The highest BCUT2D eigenvalue weighted by atomic mass is 16.5. The van der Waals surface area contributed by atoms with Crippen molar-refractivity contribution >= 4 is 12.0 Å². The van der Waals surface area contributed by atoms with Crippen molar-refractivity contribution in [2.24, 2.45) is 0 Å². The first kappa shape index (κ1) is 19.4. The third kappa shape index (κ3) is 4.88. The van der Waals surface area contributed by atoms with E-state index in [1.54, 1.807) is 0 Å². The van der Waals surface area contributed by atoms with Gasteiger partial charge in [-0.05, 0) is 45.1 Å². The quantitative estimate of drug-likeness (QED) is 0.686. The zero-order valence-electron chi connectivity index (χ0n) is 15.9. The SMILES string of the molecule is CCN(CC(=O)O)C1CC(NC(=O)N(CC2CCCO2)C2CCCC2)C1. The van der Waals surface area contributed by atoms with Crippen LogP contribution in [-0.2, 0) is 9.53 Å². The van der Waals surface area contributed by atoms with Gasteiger partial charge in [0.1, 0.15) is 0 Å². The Morgan fingerprint density at radius 1 is 1.12 bits per heavy atom. The fraction of sp³-hybridized carbons (Fsp3) is 0.895. The van der Waals surface area contributed by atoms with Crippen LogP contribution < -0.4 is 5.32 Å². The molecule has 0 radical (unpaired) electrons. The molecule has 2 aliphatic carbocycles. The van der Waals surface area contributed by atoms with E-state index in [-0.39, 0.29) is 30.8 Å². The number of hydrogen-bond acceptors (Lipinski definition) is 4. The van der Waals surface area contributed by atoms with Crippen LogP contribution in [0.15, 0.2) is 0 Å². The van der Waals surface area contributed by atoms with Gasteiger partial charge in [0.15, 0.2) is 0 Å². The second-order valence-corrected chi connectivity index (χ2v) is 7.95. The number of carboxylic acid groups (broad SMARTS) is 1. The van der Waals surface area contributed by atoms with Crippen molar-refractivity contribution in [3.63, 3.8) is 0 Å². The molecule has 0 aromatic carbocycles. The predicted molar refractivity (Wildman–Crippen MR) is 98.2 cm³/mol. The molecule has 7 heteroatoms. The lowest BCUT2D eigenvalue weighted by Crippen LogP contribution is -2.58. The van der Waals surface area contributed by atoms with Crippen LogP contribution in [0.2, 0.25) is 0 Å². The van der Waals surface area contributed by atoms with E-state index in [0.717, 1.165) is 51.7 Å². The Hall–Kier alpha value is -1.34. The number of aliphatic carboxylic acids is 1. The van der Waals surface area contributed by atoms with Crippen LogP contribution in [0.4, 0.5) is 4.79 Å². The molecule has 2 saturated carbocycles. The van der Waals surface area contributed by atoms with Gasteiger partial charge in [0.25, 0.3) is 0 Å². The highest BCUT2D eigenvalue weighted by molar-refractivity contribution is 5.75. The highest BCUT2D eigenvalue weighted by Gasteiger charge is 2.37. The number of carbonyl (C=O) groups excluding carboxylic acids is 1. The summed E-state index contributed by atoms with van der Waals surface area (Å²) in [6, 6.07) is 0.801. The third-order valence-electron chi connectivity index (χ3n) is 6.15. The summed E-state index contributed by atoms with van der Waals surface area (Å²) in [7, 11) is 0. The van der Waals surface area contributed by atoms with Crippen LogP contribution in [0.1, 0.15) is 58.3 Å². The minimum atomic E-state index is -0.789. The number of likely N-dealkylation sites (N-methyl/N-ethyl adjacent to an activating group) is 1. The van der Waals surface area contributed by atoms with Crippen molar-refractivity contribution in [2.45, 2.75) is 82.5 Å². The van der Waals surface area contributed by atoms with Gasteiger partial charge in [-0.3, -0.25) is 9.69 Å². The van der Waals surface area contributed by atoms with Crippen molar-refractivity contribution in [2.75, 3.05) is 26.2 Å². The molecule has 2 N–H and O–H groups in total. The molecule has 0 aromatic heterocycles. The molecule has 0 bridgehead atoms. The first-order chi connectivity index (χ1) is 12.6. The zero-order valence-corrected chi connectivity index (χ0v) is 15.9. The van der Waals surface area contributed by atoms with Crippen molar-refractivity contribution in [1.82, 2.24) is 15.1 Å². The summed E-state index contributed by atoms with van der Waals surface area (Å²) < 4.78 is 5.75. The Morgan fingerprint density at radius 2 is 1.85 bits per heavy atom. The standard InChI is InChI=1S/C19H33N3O4/c1-2-21(13-18(23)24)16-10-14(11-16)20-19(25)22(15-6-3-4-7-15)12-17-8-5-9-26-17/h14-17H,2-13H2,1H3,(H,20,25)(H,23,24). The van der Waals surface area contributed by atoms with Gasteiger partial charge in [-0.2, -0.15) is 0 Å². The number of amides is 2. The number of nitrogens with one attached hydrogen (secondary N) is 1. The molecule has 1 saturated heterocycles. The molecule has 0 spiro atoms. The molecular formula is C19H33N3O4. The van der Waals surface area contributed by atoms with E-state index < -0.39 is 5.97 Å². The van der Waals surface area contributed by atoms with Crippen LogP contribution in [0.5, 0.6) is 0 Å². The fourth-order valence-electron chi connectivity index (χ4n) is 4.56. The first-order valence-electron chi connectivity index (χ1n) is 10.2. The molecule has 1 unspecified atom stereocenters. The van der Waals surface area contributed by atoms with Gasteiger partial charge in [-0.1, -0.05) is 19.8 Å². The summed E-state index contributed by atoms with van der Waals surface area (Å²) in [5, 5.41) is 12.2. The molecule has 2 amide bonds. The number of carbonyl (C=O) groups is 2. The number of ether oxygens (including phenoxy) is 1. The normalized spacial score (nSPS) is 28.9. The monoisotopic (exact) mass is 367 g/mol. The van der Waals surface area contributed by atoms with Crippen LogP contribution >= 0.6 is 0 Å². The van der Waals surface area contributed by atoms with Gasteiger partial charge in [0.05, 0.1) is 12.6 Å². The molecule has 1 aliphatic heterocycles. The smallest absolute Gasteiger partial charge is 0.317 e. The largest absolute Gasteiger partial charge is 0.480 e. The summed E-state index contributed by atoms with van der Waals surface area (Å²) in [6.45, 7) is 4.30. The Labute approximate surface area is 156 Å². The summed E-state index contributed by atoms with van der Waals surface area (Å²) in [5.74, 6) is -0.789. The van der Waals surface area contributed by atoms with E-state index in [1.807, 2.05) is 16.7 Å². The average Bonchev–Trinajstić information content (AvgIpc) is 3.26. The third-order valence-corrected chi connectivity index (χ3v) is 6.15. The van der Waals surface area contributed by atoms with Gasteiger partial charge < -0.3 is 20.1 Å². The lowest BCUT2D eigenvalue weighted by atomic mass is 9.85. The van der Waals surface area contributed by atoms with Crippen LogP contribution in [-0.4, -0.2) is 77.4 Å². The van der Waals surface area contributed by atoms with Crippen molar-refractivity contribution in [1.29, 1.82) is 0 Å². The van der Waals surface area contributed by atoms with Crippen LogP contribution in [0.25, 0.3) is 0 Å². The minimum Gasteiger partial charge on any atom is -0.480 e. The number of carboxylic acids is 1. The van der Waals surface area contributed by atoms with Gasteiger partial charge in [-0.15, -0.1) is 0 Å². The highest BCUT2D eigenvalue weighted by Crippen LogP contribution is 2.28. The molecule has 1 atom stereocenters. The topological polar surface area (TPSA) is 82.1 Å². The first-order valence-corrected chi connectivity index (χ1v) is 10.2. The lowest BCUT2D eigenvalue weighted by Gasteiger charge is -2.43. The maximum absolute atomic E-state index is 12.9. The van der Waals surface area contributed by atoms with E-state index in [9.17, 15) is 9.59 Å². The summed E-state index contributed by atoms with van der Waals surface area (Å²) in [4.78, 5) is 27.8. The molecule has 3 aliphatic rings. The van der Waals surface area contributed by atoms with Crippen LogP contribution in [0, 0.1) is 0 Å². The van der Waals surface area contributed by atoms with Gasteiger partial charge >= 0.3 is 12.0 Å². The van der Waals surface area contributed by atoms with Crippen molar-refractivity contribution < 1.29 is 19.4 Å². The van der Waals surface area contributed by atoms with E-state index in [1.165, 1.54) is 12.8 Å². The van der Waals surface area contributed by atoms with E-state index in [4.69, 9.17) is 9.84 Å². The van der Waals surface area contributed by atoms with Gasteiger partial charge in [-0.25, -0.2) is 4.79 Å². The lowest BCUT2D eigenvalue weighted by molar-refractivity contribution is -0.139. The molecule has 26 heavy (non-hydrogen) atoms. The summed E-state index contributed by atoms with van der Waals surface area (Å²) in [6.07, 6.45) is 8.58. The molecule has 3 fully saturated rings. The molecule has 0 aromatic rings. The maximum Gasteiger partial charge on any atom is 0.317 e. The zero-order chi connectivity index (χ0) is 18.5. The maximum atomic E-state index is 12.9. The van der Waals surface area contributed by atoms with E-state index >= 15 is 0 Å². The number of hydrogen-bond donors (Lipinski definition) is 2. The van der Waals surface area contributed by atoms with E-state index in [2.05, 4.69) is 5.32 Å². The predicted octanol–water partition coefficient (Wildman–Crippen LogP) is 2.06. The number of rotatable bonds is 8. The molecule has 1 heterocycles. The van der Waals surface area contributed by atoms with Gasteiger partial charge in [0, 0.05) is 31.3 Å². The number of urea groups is 1. The Morgan fingerprint density at radius 3 is 2.42 bits per heavy atom. The second kappa shape index (κ2) is 9.04. The Bertz CT molecular complexity index is 483. The van der Waals surface area contributed by atoms with Crippen molar-refractivity contribution in [3.8, 4) is 0 Å².